The van der Waals surface area contributed by atoms with E-state index in [2.05, 4.69) is 250 Å². The molecule has 0 heterocycles. The molecule has 0 spiro atoms. The van der Waals surface area contributed by atoms with Gasteiger partial charge in [-0.05, 0) is 135 Å². The van der Waals surface area contributed by atoms with Crippen molar-refractivity contribution in [3.05, 3.63) is 263 Å². The summed E-state index contributed by atoms with van der Waals surface area (Å²) in [5.41, 5.74) is 18.7. The van der Waals surface area contributed by atoms with Crippen LogP contribution in [0.15, 0.2) is 224 Å². The third-order valence-corrected chi connectivity index (χ3v) is 13.1. The van der Waals surface area contributed by atoms with Crippen LogP contribution in [0.1, 0.15) is 65.1 Å². The zero-order valence-electron chi connectivity index (χ0n) is 36.2. The molecule has 2 unspecified atom stereocenters. The molecule has 0 radical (unpaired) electrons. The van der Waals surface area contributed by atoms with Crippen molar-refractivity contribution < 1.29 is 4.74 Å². The maximum Gasteiger partial charge on any atom is 0.119 e. The summed E-state index contributed by atoms with van der Waals surface area (Å²) in [6.45, 7) is 7.21. The first-order valence-electron chi connectivity index (χ1n) is 22.2. The number of benzene rings is 9. The molecule has 0 bridgehead atoms. The van der Waals surface area contributed by atoms with Gasteiger partial charge in [-0.1, -0.05) is 195 Å². The third kappa shape index (κ3) is 7.53. The molecular formula is C61H51NO. The number of rotatable bonds is 12. The quantitative estimate of drug-likeness (QED) is 0.122. The van der Waals surface area contributed by atoms with Gasteiger partial charge in [0, 0.05) is 17.1 Å². The Labute approximate surface area is 372 Å². The van der Waals surface area contributed by atoms with Gasteiger partial charge in [-0.2, -0.15) is 0 Å². The lowest BCUT2D eigenvalue weighted by Crippen LogP contribution is -2.28. The second kappa shape index (κ2) is 17.2. The van der Waals surface area contributed by atoms with E-state index in [1.807, 2.05) is 0 Å². The van der Waals surface area contributed by atoms with Gasteiger partial charge in [-0.15, -0.1) is 0 Å². The van der Waals surface area contributed by atoms with Crippen LogP contribution in [0.4, 0.5) is 17.1 Å². The number of hydrogen-bond donors (Lipinski definition) is 0. The van der Waals surface area contributed by atoms with Crippen molar-refractivity contribution in [1.82, 2.24) is 0 Å². The van der Waals surface area contributed by atoms with Gasteiger partial charge in [0.25, 0.3) is 0 Å². The molecule has 0 amide bonds. The SMILES string of the molecule is CCC(C)c1ccc(COc2ccc(C3(c4ccc(C)cc4)c4ccccc4-c4ccc(N(c5ccc(-c6ccccc6)cc5)c5ccc(-c6ccccc6)cc5)cc43)cc2)cc1. The zero-order valence-corrected chi connectivity index (χ0v) is 36.2. The third-order valence-electron chi connectivity index (χ3n) is 13.1. The molecule has 0 fully saturated rings. The number of aryl methyl sites for hydroxylation is 1. The predicted molar refractivity (Wildman–Crippen MR) is 264 cm³/mol. The molecule has 0 aromatic heterocycles. The Morgan fingerprint density at radius 2 is 0.952 bits per heavy atom. The van der Waals surface area contributed by atoms with E-state index in [1.165, 1.54) is 72.3 Å². The minimum absolute atomic E-state index is 0.521. The average Bonchev–Trinajstić information content (AvgIpc) is 3.65. The van der Waals surface area contributed by atoms with E-state index < -0.39 is 5.41 Å². The van der Waals surface area contributed by atoms with E-state index >= 15 is 0 Å². The van der Waals surface area contributed by atoms with E-state index in [-0.39, 0.29) is 0 Å². The topological polar surface area (TPSA) is 12.5 Å². The molecule has 2 atom stereocenters. The summed E-state index contributed by atoms with van der Waals surface area (Å²) in [5.74, 6) is 1.41. The molecule has 63 heavy (non-hydrogen) atoms. The van der Waals surface area contributed by atoms with Crippen molar-refractivity contribution in [1.29, 1.82) is 0 Å². The van der Waals surface area contributed by atoms with E-state index in [0.29, 0.717) is 12.5 Å². The molecule has 9 aromatic carbocycles. The van der Waals surface area contributed by atoms with Crippen LogP contribution in [0, 0.1) is 6.92 Å². The molecule has 1 aliphatic carbocycles. The van der Waals surface area contributed by atoms with E-state index in [0.717, 1.165) is 29.2 Å². The maximum absolute atomic E-state index is 6.44. The fourth-order valence-electron chi connectivity index (χ4n) is 9.46. The highest BCUT2D eigenvalue weighted by Gasteiger charge is 2.46. The highest BCUT2D eigenvalue weighted by atomic mass is 16.5. The summed E-state index contributed by atoms with van der Waals surface area (Å²) in [5, 5.41) is 0. The fourth-order valence-corrected chi connectivity index (χ4v) is 9.46. The molecule has 2 nitrogen and oxygen atoms in total. The lowest BCUT2D eigenvalue weighted by Gasteiger charge is -2.35. The summed E-state index contributed by atoms with van der Waals surface area (Å²) in [6, 6.07) is 82.1. The largest absolute Gasteiger partial charge is 0.489 e. The fraction of sp³-hybridized carbons (Fsp3) is 0.115. The molecule has 0 aliphatic heterocycles. The first kappa shape index (κ1) is 39.7. The molecule has 0 saturated heterocycles. The van der Waals surface area contributed by atoms with Crippen LogP contribution in [0.5, 0.6) is 5.75 Å². The lowest BCUT2D eigenvalue weighted by atomic mass is 9.67. The first-order chi connectivity index (χ1) is 31.0. The molecule has 306 valence electrons. The van der Waals surface area contributed by atoms with Crippen LogP contribution in [-0.4, -0.2) is 0 Å². The Morgan fingerprint density at radius 3 is 1.52 bits per heavy atom. The van der Waals surface area contributed by atoms with Crippen LogP contribution in [0.2, 0.25) is 0 Å². The van der Waals surface area contributed by atoms with Gasteiger partial charge >= 0.3 is 0 Å². The molecule has 9 aromatic rings. The standard InChI is InChI=1S/C61H51NO/c1-4-44(3)46-23-21-45(22-24-46)42-63-56-38-31-52(32-39-56)61(51-29-19-43(2)20-30-51)59-18-12-11-17-57(59)58-40-37-55(41-60(58)61)62(53-33-25-49(26-34-53)47-13-7-5-8-14-47)54-35-27-50(28-36-54)48-15-9-6-10-16-48/h5-41,44H,4,42H2,1-3H3. The van der Waals surface area contributed by atoms with Gasteiger partial charge in [0.2, 0.25) is 0 Å². The van der Waals surface area contributed by atoms with E-state index in [9.17, 15) is 0 Å². The van der Waals surface area contributed by atoms with Crippen molar-refractivity contribution in [3.63, 3.8) is 0 Å². The van der Waals surface area contributed by atoms with Gasteiger partial charge < -0.3 is 9.64 Å². The highest BCUT2D eigenvalue weighted by molar-refractivity contribution is 5.90. The molecule has 0 N–H and O–H groups in total. The van der Waals surface area contributed by atoms with Gasteiger partial charge in [-0.3, -0.25) is 0 Å². The van der Waals surface area contributed by atoms with Gasteiger partial charge in [-0.25, -0.2) is 0 Å². The van der Waals surface area contributed by atoms with Crippen molar-refractivity contribution in [2.24, 2.45) is 0 Å². The Hall–Kier alpha value is -7.42. The van der Waals surface area contributed by atoms with Gasteiger partial charge in [0.15, 0.2) is 0 Å². The normalized spacial score (nSPS) is 14.4. The monoisotopic (exact) mass is 813 g/mol. The van der Waals surface area contributed by atoms with Crippen molar-refractivity contribution in [2.75, 3.05) is 4.90 Å². The minimum atomic E-state index is -0.583. The summed E-state index contributed by atoms with van der Waals surface area (Å²) in [7, 11) is 0. The van der Waals surface area contributed by atoms with Crippen LogP contribution in [0.25, 0.3) is 33.4 Å². The Kier molecular flexibility index (Phi) is 10.8. The van der Waals surface area contributed by atoms with Crippen LogP contribution in [-0.2, 0) is 12.0 Å². The number of anilines is 3. The number of fused-ring (bicyclic) bond motifs is 3. The summed E-state index contributed by atoms with van der Waals surface area (Å²) in [6.07, 6.45) is 1.13. The van der Waals surface area contributed by atoms with Gasteiger partial charge in [0.05, 0.1) is 5.41 Å². The second-order valence-corrected chi connectivity index (χ2v) is 16.9. The number of hydrogen-bond acceptors (Lipinski definition) is 2. The predicted octanol–water partition coefficient (Wildman–Crippen LogP) is 16.3. The lowest BCUT2D eigenvalue weighted by molar-refractivity contribution is 0.306. The maximum atomic E-state index is 6.44. The summed E-state index contributed by atoms with van der Waals surface area (Å²) in [4.78, 5) is 2.40. The van der Waals surface area contributed by atoms with Crippen LogP contribution in [0.3, 0.4) is 0 Å². The number of nitrogens with zero attached hydrogens (tertiary/aromatic N) is 1. The van der Waals surface area contributed by atoms with Crippen molar-refractivity contribution >= 4 is 17.1 Å². The van der Waals surface area contributed by atoms with Gasteiger partial charge in [0.1, 0.15) is 12.4 Å². The highest BCUT2D eigenvalue weighted by Crippen LogP contribution is 2.57. The Balaban J connectivity index is 1.09. The van der Waals surface area contributed by atoms with Crippen molar-refractivity contribution in [2.45, 2.75) is 45.1 Å². The average molecular weight is 814 g/mol. The van der Waals surface area contributed by atoms with E-state index in [1.54, 1.807) is 0 Å². The van der Waals surface area contributed by atoms with Crippen LogP contribution < -0.4 is 9.64 Å². The Morgan fingerprint density at radius 1 is 0.460 bits per heavy atom. The zero-order chi connectivity index (χ0) is 42.8. The summed E-state index contributed by atoms with van der Waals surface area (Å²) < 4.78 is 6.44. The van der Waals surface area contributed by atoms with E-state index in [4.69, 9.17) is 4.74 Å². The molecule has 1 aliphatic rings. The number of ether oxygens (including phenoxy) is 1. The van der Waals surface area contributed by atoms with Crippen LogP contribution >= 0.6 is 0 Å². The molecular weight excluding hydrogens is 763 g/mol. The Bertz CT molecular complexity index is 2870. The molecule has 0 saturated carbocycles. The smallest absolute Gasteiger partial charge is 0.119 e. The second-order valence-electron chi connectivity index (χ2n) is 16.9. The summed E-state index contributed by atoms with van der Waals surface area (Å²) >= 11 is 0. The van der Waals surface area contributed by atoms with Crippen molar-refractivity contribution in [3.8, 4) is 39.1 Å². The molecule has 10 rings (SSSR count). The minimum Gasteiger partial charge on any atom is -0.489 e. The first-order valence-corrected chi connectivity index (χ1v) is 22.2. The molecule has 2 heteroatoms.